The number of benzene rings is 3. The Morgan fingerprint density at radius 1 is 0.674 bits per heavy atom. The van der Waals surface area contributed by atoms with E-state index in [0.717, 1.165) is 37.8 Å². The second-order valence-corrected chi connectivity index (χ2v) is 11.7. The number of rotatable bonds is 13. The van der Waals surface area contributed by atoms with Crippen LogP contribution in [0.5, 0.6) is 0 Å². The number of aryl methyl sites for hydroxylation is 2. The van der Waals surface area contributed by atoms with E-state index in [1.807, 2.05) is 12.3 Å². The maximum absolute atomic E-state index is 4.90. The Labute approximate surface area is 259 Å². The van der Waals surface area contributed by atoms with Crippen molar-refractivity contribution in [2.24, 2.45) is 0 Å². The summed E-state index contributed by atoms with van der Waals surface area (Å²) < 4.78 is 2.61. The van der Waals surface area contributed by atoms with E-state index in [9.17, 15) is 0 Å². The monoisotopic (exact) mass is 567 g/mol. The van der Waals surface area contributed by atoms with Gasteiger partial charge in [-0.05, 0) is 72.2 Å². The van der Waals surface area contributed by atoms with Gasteiger partial charge in [-0.2, -0.15) is 4.57 Å². The fourth-order valence-electron chi connectivity index (χ4n) is 6.77. The van der Waals surface area contributed by atoms with Crippen LogP contribution in [0.2, 0.25) is 0 Å². The lowest BCUT2D eigenvalue weighted by atomic mass is 9.78. The molecule has 0 bridgehead atoms. The SMILES string of the molecule is CCCCCc1ccc(C(CC)(CCC)[n+]2ccc(-c3ccccc3)cc2-c2ccccc2CC)c(-c2ccccn2)c1. The van der Waals surface area contributed by atoms with Crippen molar-refractivity contribution in [1.82, 2.24) is 4.98 Å². The van der Waals surface area contributed by atoms with Crippen LogP contribution in [-0.2, 0) is 18.4 Å². The van der Waals surface area contributed by atoms with Crippen molar-refractivity contribution in [2.75, 3.05) is 0 Å². The van der Waals surface area contributed by atoms with E-state index in [1.54, 1.807) is 0 Å². The molecule has 3 aromatic carbocycles. The number of hydrogen-bond acceptors (Lipinski definition) is 1. The zero-order valence-electron chi connectivity index (χ0n) is 26.5. The molecule has 2 heteroatoms. The molecule has 2 aromatic heterocycles. The fraction of sp³-hybridized carbons (Fsp3) is 0.317. The van der Waals surface area contributed by atoms with Crippen molar-refractivity contribution in [3.8, 4) is 33.6 Å². The van der Waals surface area contributed by atoms with Gasteiger partial charge in [0, 0.05) is 47.9 Å². The Hall–Kier alpha value is -4.04. The molecule has 0 saturated heterocycles. The minimum Gasteiger partial charge on any atom is -0.256 e. The zero-order valence-corrected chi connectivity index (χ0v) is 26.5. The third-order valence-corrected chi connectivity index (χ3v) is 9.04. The first kappa shape index (κ1) is 30.4. The summed E-state index contributed by atoms with van der Waals surface area (Å²) in [6, 6.07) is 38.0. The Morgan fingerprint density at radius 3 is 2.19 bits per heavy atom. The first-order chi connectivity index (χ1) is 21.1. The van der Waals surface area contributed by atoms with Gasteiger partial charge in [-0.25, -0.2) is 0 Å². The Morgan fingerprint density at radius 2 is 1.47 bits per heavy atom. The Balaban J connectivity index is 1.79. The van der Waals surface area contributed by atoms with E-state index >= 15 is 0 Å². The van der Waals surface area contributed by atoms with Gasteiger partial charge in [-0.1, -0.05) is 107 Å². The average molecular weight is 568 g/mol. The molecule has 0 fully saturated rings. The number of hydrogen-bond donors (Lipinski definition) is 0. The summed E-state index contributed by atoms with van der Waals surface area (Å²) in [5, 5.41) is 0. The maximum atomic E-state index is 4.90. The van der Waals surface area contributed by atoms with Crippen LogP contribution in [-0.4, -0.2) is 4.98 Å². The predicted octanol–water partition coefficient (Wildman–Crippen LogP) is 10.6. The minimum atomic E-state index is -0.241. The van der Waals surface area contributed by atoms with Gasteiger partial charge in [0.1, 0.15) is 0 Å². The van der Waals surface area contributed by atoms with E-state index in [-0.39, 0.29) is 5.54 Å². The number of unbranched alkanes of at least 4 members (excludes halogenated alkanes) is 2. The number of pyridine rings is 2. The lowest BCUT2D eigenvalue weighted by molar-refractivity contribution is -0.746. The smallest absolute Gasteiger partial charge is 0.214 e. The maximum Gasteiger partial charge on any atom is 0.214 e. The average Bonchev–Trinajstić information content (AvgIpc) is 3.08. The summed E-state index contributed by atoms with van der Waals surface area (Å²) >= 11 is 0. The van der Waals surface area contributed by atoms with Crippen molar-refractivity contribution in [2.45, 2.75) is 84.6 Å². The van der Waals surface area contributed by atoms with Crippen molar-refractivity contribution in [3.63, 3.8) is 0 Å². The van der Waals surface area contributed by atoms with Crippen LogP contribution in [0, 0.1) is 0 Å². The first-order valence-corrected chi connectivity index (χ1v) is 16.4. The van der Waals surface area contributed by atoms with E-state index in [4.69, 9.17) is 4.98 Å². The van der Waals surface area contributed by atoms with Crippen LogP contribution in [0.4, 0.5) is 0 Å². The summed E-state index contributed by atoms with van der Waals surface area (Å²) in [5.41, 5.74) is 11.3. The van der Waals surface area contributed by atoms with Crippen molar-refractivity contribution >= 4 is 0 Å². The zero-order chi connectivity index (χ0) is 30.1. The molecule has 0 saturated carbocycles. The quantitative estimate of drug-likeness (QED) is 0.102. The van der Waals surface area contributed by atoms with Gasteiger partial charge >= 0.3 is 0 Å². The van der Waals surface area contributed by atoms with Gasteiger partial charge < -0.3 is 0 Å². The second-order valence-electron chi connectivity index (χ2n) is 11.7. The minimum absolute atomic E-state index is 0.241. The van der Waals surface area contributed by atoms with Gasteiger partial charge in [0.2, 0.25) is 5.69 Å². The highest BCUT2D eigenvalue weighted by atomic mass is 15.1. The predicted molar refractivity (Wildman–Crippen MR) is 182 cm³/mol. The molecular formula is C41H47N2+. The van der Waals surface area contributed by atoms with Gasteiger partial charge in [0.15, 0.2) is 11.7 Å². The molecule has 0 spiro atoms. The van der Waals surface area contributed by atoms with Crippen molar-refractivity contribution in [3.05, 3.63) is 132 Å². The fourth-order valence-corrected chi connectivity index (χ4v) is 6.77. The van der Waals surface area contributed by atoms with Gasteiger partial charge in [0.05, 0.1) is 5.69 Å². The van der Waals surface area contributed by atoms with Crippen LogP contribution in [0.3, 0.4) is 0 Å². The highest BCUT2D eigenvalue weighted by Gasteiger charge is 2.43. The molecule has 2 heterocycles. The summed E-state index contributed by atoms with van der Waals surface area (Å²) in [6.07, 6.45) is 13.2. The molecule has 5 rings (SSSR count). The third-order valence-electron chi connectivity index (χ3n) is 9.04. The lowest BCUT2D eigenvalue weighted by Crippen LogP contribution is -2.58. The van der Waals surface area contributed by atoms with Gasteiger partial charge in [-0.3, -0.25) is 4.98 Å². The molecule has 0 radical (unpaired) electrons. The molecule has 5 aromatic rings. The third kappa shape index (κ3) is 6.49. The van der Waals surface area contributed by atoms with Crippen LogP contribution in [0.15, 0.2) is 116 Å². The largest absolute Gasteiger partial charge is 0.256 e. The van der Waals surface area contributed by atoms with Crippen molar-refractivity contribution < 1.29 is 4.57 Å². The van der Waals surface area contributed by atoms with Gasteiger partial charge in [-0.15, -0.1) is 0 Å². The summed E-state index contributed by atoms with van der Waals surface area (Å²) in [6.45, 7) is 9.22. The molecule has 220 valence electrons. The molecule has 1 atom stereocenters. The Kier molecular flexibility index (Phi) is 10.2. The lowest BCUT2D eigenvalue weighted by Gasteiger charge is -2.32. The first-order valence-electron chi connectivity index (χ1n) is 16.4. The van der Waals surface area contributed by atoms with Crippen LogP contribution in [0.25, 0.3) is 33.6 Å². The van der Waals surface area contributed by atoms with E-state index in [1.165, 1.54) is 63.9 Å². The van der Waals surface area contributed by atoms with Crippen LogP contribution in [0.1, 0.15) is 82.9 Å². The molecular weight excluding hydrogens is 520 g/mol. The molecule has 2 nitrogen and oxygen atoms in total. The topological polar surface area (TPSA) is 16.8 Å². The van der Waals surface area contributed by atoms with E-state index in [2.05, 4.69) is 136 Å². The number of aromatic nitrogens is 2. The molecule has 0 aliphatic heterocycles. The standard InChI is InChI=1S/C41H47N2/c1-5-9-11-18-32-24-25-38(37(30-32)39-23-16-17-28-42-39)41(8-4,27-6-2)43-29-26-35(34-20-12-10-13-21-34)31-40(43)36-22-15-14-19-33(36)7-3/h10,12-17,19-26,28-31H,5-9,11,18,27H2,1-4H3/q+1. The summed E-state index contributed by atoms with van der Waals surface area (Å²) in [4.78, 5) is 4.90. The normalized spacial score (nSPS) is 12.7. The molecule has 0 N–H and O–H groups in total. The summed E-state index contributed by atoms with van der Waals surface area (Å²) in [7, 11) is 0. The Bertz CT molecular complexity index is 1610. The molecule has 0 aliphatic rings. The van der Waals surface area contributed by atoms with E-state index < -0.39 is 0 Å². The van der Waals surface area contributed by atoms with Crippen molar-refractivity contribution in [1.29, 1.82) is 0 Å². The van der Waals surface area contributed by atoms with Gasteiger partial charge in [0.25, 0.3) is 0 Å². The molecule has 0 aliphatic carbocycles. The highest BCUT2D eigenvalue weighted by molar-refractivity contribution is 5.71. The van der Waals surface area contributed by atoms with E-state index in [0.29, 0.717) is 0 Å². The molecule has 43 heavy (non-hydrogen) atoms. The number of nitrogens with zero attached hydrogens (tertiary/aromatic N) is 2. The highest BCUT2D eigenvalue weighted by Crippen LogP contribution is 2.40. The molecule has 1 unspecified atom stereocenters. The summed E-state index contributed by atoms with van der Waals surface area (Å²) in [5.74, 6) is 0. The second kappa shape index (κ2) is 14.4. The van der Waals surface area contributed by atoms with Crippen LogP contribution >= 0.6 is 0 Å². The van der Waals surface area contributed by atoms with Crippen LogP contribution < -0.4 is 4.57 Å². The molecule has 0 amide bonds.